The van der Waals surface area contributed by atoms with Gasteiger partial charge in [-0.1, -0.05) is 12.1 Å². The van der Waals surface area contributed by atoms with Gasteiger partial charge in [-0.15, -0.1) is 13.2 Å². The summed E-state index contributed by atoms with van der Waals surface area (Å²) < 4.78 is 41.3. The molecule has 1 heterocycles. The Morgan fingerprint density at radius 3 is 2.68 bits per heavy atom. The smallest absolute Gasteiger partial charge is 0.406 e. The van der Waals surface area contributed by atoms with Crippen LogP contribution in [0.2, 0.25) is 0 Å². The first-order valence-electron chi connectivity index (χ1n) is 7.42. The zero-order chi connectivity index (χ0) is 18.2. The van der Waals surface area contributed by atoms with E-state index in [0.29, 0.717) is 16.8 Å². The Hall–Kier alpha value is -3.01. The molecule has 1 aliphatic heterocycles. The SMILES string of the molecule is CC1(Cc2cccc(C#N)c2)C(=O)Nc2ccc(OC(F)(F)F)cc21. The predicted octanol–water partition coefficient (Wildman–Crippen LogP) is 3.91. The Labute approximate surface area is 141 Å². The number of alkyl halides is 3. The molecule has 0 saturated carbocycles. The van der Waals surface area contributed by atoms with Crippen molar-refractivity contribution in [1.82, 2.24) is 0 Å². The molecule has 1 atom stereocenters. The first-order chi connectivity index (χ1) is 11.7. The van der Waals surface area contributed by atoms with Crippen LogP contribution in [0.3, 0.4) is 0 Å². The zero-order valence-corrected chi connectivity index (χ0v) is 13.1. The van der Waals surface area contributed by atoms with Gasteiger partial charge in [0.05, 0.1) is 17.0 Å². The molecule has 128 valence electrons. The molecule has 0 fully saturated rings. The van der Waals surface area contributed by atoms with Crippen LogP contribution < -0.4 is 10.1 Å². The minimum atomic E-state index is -4.80. The summed E-state index contributed by atoms with van der Waals surface area (Å²) in [6.07, 6.45) is -4.56. The lowest BCUT2D eigenvalue weighted by molar-refractivity contribution is -0.274. The van der Waals surface area contributed by atoms with Crippen LogP contribution in [-0.2, 0) is 16.6 Å². The first-order valence-corrected chi connectivity index (χ1v) is 7.42. The molecule has 4 nitrogen and oxygen atoms in total. The minimum Gasteiger partial charge on any atom is -0.406 e. The van der Waals surface area contributed by atoms with Crippen molar-refractivity contribution in [2.24, 2.45) is 0 Å². The number of fused-ring (bicyclic) bond motifs is 1. The molecule has 0 aliphatic carbocycles. The van der Waals surface area contributed by atoms with Gasteiger partial charge >= 0.3 is 6.36 Å². The van der Waals surface area contributed by atoms with Gasteiger partial charge in [-0.25, -0.2) is 0 Å². The van der Waals surface area contributed by atoms with Crippen molar-refractivity contribution in [2.75, 3.05) is 5.32 Å². The fourth-order valence-electron chi connectivity index (χ4n) is 3.00. The molecule has 1 unspecified atom stereocenters. The van der Waals surface area contributed by atoms with E-state index in [1.54, 1.807) is 31.2 Å². The lowest BCUT2D eigenvalue weighted by Gasteiger charge is -2.23. The molecular formula is C18H13F3N2O2. The second-order valence-corrected chi connectivity index (χ2v) is 6.03. The van der Waals surface area contributed by atoms with E-state index in [1.165, 1.54) is 12.1 Å². The summed E-state index contributed by atoms with van der Waals surface area (Å²) in [5.74, 6) is -0.686. The molecule has 3 rings (SSSR count). The fraction of sp³-hybridized carbons (Fsp3) is 0.222. The molecule has 1 N–H and O–H groups in total. The maximum Gasteiger partial charge on any atom is 0.573 e. The third-order valence-electron chi connectivity index (χ3n) is 4.18. The van der Waals surface area contributed by atoms with Gasteiger partial charge in [-0.05, 0) is 54.8 Å². The number of amides is 1. The second-order valence-electron chi connectivity index (χ2n) is 6.03. The number of hydrogen-bond donors (Lipinski definition) is 1. The molecule has 0 radical (unpaired) electrons. The average Bonchev–Trinajstić information content (AvgIpc) is 2.77. The van der Waals surface area contributed by atoms with E-state index in [1.807, 2.05) is 6.07 Å². The number of carbonyl (C=O) groups is 1. The Morgan fingerprint density at radius 2 is 2.00 bits per heavy atom. The van der Waals surface area contributed by atoms with Crippen molar-refractivity contribution in [3.8, 4) is 11.8 Å². The third kappa shape index (κ3) is 3.29. The van der Waals surface area contributed by atoms with Crippen molar-refractivity contribution < 1.29 is 22.7 Å². The van der Waals surface area contributed by atoms with Crippen molar-refractivity contribution in [2.45, 2.75) is 25.1 Å². The van der Waals surface area contributed by atoms with Crippen molar-refractivity contribution >= 4 is 11.6 Å². The lowest BCUT2D eigenvalue weighted by atomic mass is 9.78. The summed E-state index contributed by atoms with van der Waals surface area (Å²) in [5, 5.41) is 11.7. The topological polar surface area (TPSA) is 62.1 Å². The number of nitrogens with one attached hydrogen (secondary N) is 1. The van der Waals surface area contributed by atoms with Crippen LogP contribution in [0.5, 0.6) is 5.75 Å². The van der Waals surface area contributed by atoms with Crippen LogP contribution in [0.1, 0.15) is 23.6 Å². The summed E-state index contributed by atoms with van der Waals surface area (Å²) >= 11 is 0. The monoisotopic (exact) mass is 346 g/mol. The Bertz CT molecular complexity index is 887. The number of halogens is 3. The highest BCUT2D eigenvalue weighted by atomic mass is 19.4. The summed E-state index contributed by atoms with van der Waals surface area (Å²) in [6, 6.07) is 12.6. The highest BCUT2D eigenvalue weighted by Crippen LogP contribution is 2.42. The Morgan fingerprint density at radius 1 is 1.24 bits per heavy atom. The molecule has 1 aliphatic rings. The summed E-state index contributed by atoms with van der Waals surface area (Å²) in [5.41, 5.74) is 1.02. The van der Waals surface area contributed by atoms with Gasteiger partial charge in [0.1, 0.15) is 5.75 Å². The molecule has 2 aromatic rings. The van der Waals surface area contributed by atoms with Crippen molar-refractivity contribution in [1.29, 1.82) is 5.26 Å². The number of carbonyl (C=O) groups excluding carboxylic acids is 1. The van der Waals surface area contributed by atoms with Crippen molar-refractivity contribution in [3.05, 3.63) is 59.2 Å². The average molecular weight is 346 g/mol. The molecule has 2 aromatic carbocycles. The van der Waals surface area contributed by atoms with E-state index < -0.39 is 11.8 Å². The van der Waals surface area contributed by atoms with Crippen LogP contribution in [0, 0.1) is 11.3 Å². The van der Waals surface area contributed by atoms with E-state index in [-0.39, 0.29) is 18.1 Å². The number of anilines is 1. The summed E-state index contributed by atoms with van der Waals surface area (Å²) in [7, 11) is 0. The number of nitriles is 1. The third-order valence-corrected chi connectivity index (χ3v) is 4.18. The predicted molar refractivity (Wildman–Crippen MR) is 84.0 cm³/mol. The summed E-state index contributed by atoms with van der Waals surface area (Å²) in [6.45, 7) is 1.66. The molecule has 0 bridgehead atoms. The lowest BCUT2D eigenvalue weighted by Crippen LogP contribution is -2.33. The van der Waals surface area contributed by atoms with E-state index in [9.17, 15) is 18.0 Å². The van der Waals surface area contributed by atoms with Gasteiger partial charge in [-0.3, -0.25) is 4.79 Å². The molecule has 25 heavy (non-hydrogen) atoms. The molecule has 0 saturated heterocycles. The second kappa shape index (κ2) is 5.81. The first kappa shape index (κ1) is 16.8. The van der Waals surface area contributed by atoms with Crippen molar-refractivity contribution in [3.63, 3.8) is 0 Å². The van der Waals surface area contributed by atoms with Gasteiger partial charge in [0.25, 0.3) is 0 Å². The molecule has 0 spiro atoms. The van der Waals surface area contributed by atoms with E-state index in [0.717, 1.165) is 11.6 Å². The standard InChI is InChI=1S/C18H13F3N2O2/c1-17(9-11-3-2-4-12(7-11)10-22)14-8-13(25-18(19,20)21)5-6-15(14)23-16(17)24/h2-8H,9H2,1H3,(H,23,24). The van der Waals surface area contributed by atoms with E-state index in [4.69, 9.17) is 5.26 Å². The summed E-state index contributed by atoms with van der Waals surface area (Å²) in [4.78, 5) is 12.5. The maximum atomic E-state index is 12.5. The van der Waals surface area contributed by atoms with Gasteiger partial charge in [0.2, 0.25) is 5.91 Å². The van der Waals surface area contributed by atoms with E-state index in [2.05, 4.69) is 10.1 Å². The van der Waals surface area contributed by atoms with Gasteiger partial charge in [0, 0.05) is 5.69 Å². The number of rotatable bonds is 3. The molecule has 1 amide bonds. The number of nitrogens with zero attached hydrogens (tertiary/aromatic N) is 1. The Balaban J connectivity index is 1.98. The molecular weight excluding hydrogens is 333 g/mol. The van der Waals surface area contributed by atoms with Crippen LogP contribution in [0.25, 0.3) is 0 Å². The zero-order valence-electron chi connectivity index (χ0n) is 13.1. The quantitative estimate of drug-likeness (QED) is 0.917. The highest BCUT2D eigenvalue weighted by Gasteiger charge is 2.43. The number of benzene rings is 2. The maximum absolute atomic E-state index is 12.5. The number of hydrogen-bond acceptors (Lipinski definition) is 3. The van der Waals surface area contributed by atoms with Gasteiger partial charge in [0.15, 0.2) is 0 Å². The van der Waals surface area contributed by atoms with E-state index >= 15 is 0 Å². The number of ether oxygens (including phenoxy) is 1. The highest BCUT2D eigenvalue weighted by molar-refractivity contribution is 6.06. The van der Waals surface area contributed by atoms with Crippen LogP contribution in [0.4, 0.5) is 18.9 Å². The molecule has 7 heteroatoms. The minimum absolute atomic E-state index is 0.247. The molecule has 0 aromatic heterocycles. The van der Waals surface area contributed by atoms with Crippen LogP contribution in [-0.4, -0.2) is 12.3 Å². The van der Waals surface area contributed by atoms with Crippen LogP contribution in [0.15, 0.2) is 42.5 Å². The fourth-order valence-corrected chi connectivity index (χ4v) is 3.00. The van der Waals surface area contributed by atoms with Gasteiger partial charge < -0.3 is 10.1 Å². The Kier molecular flexibility index (Phi) is 3.91. The van der Waals surface area contributed by atoms with Crippen LogP contribution >= 0.6 is 0 Å². The normalized spacial score (nSPS) is 19.1. The largest absolute Gasteiger partial charge is 0.573 e. The van der Waals surface area contributed by atoms with Gasteiger partial charge in [-0.2, -0.15) is 5.26 Å².